The lowest BCUT2D eigenvalue weighted by atomic mass is 10.2. The number of carbonyl (C=O) groups is 2. The number of ether oxygens (including phenoxy) is 1. The van der Waals surface area contributed by atoms with Crippen molar-refractivity contribution in [1.29, 1.82) is 0 Å². The van der Waals surface area contributed by atoms with Crippen LogP contribution in [0.3, 0.4) is 0 Å². The number of aromatic nitrogens is 2. The topological polar surface area (TPSA) is 73.2 Å². The predicted molar refractivity (Wildman–Crippen MR) is 98.4 cm³/mol. The van der Waals surface area contributed by atoms with Gasteiger partial charge in [0.15, 0.2) is 6.61 Å². The van der Waals surface area contributed by atoms with Crippen molar-refractivity contribution in [2.75, 3.05) is 11.9 Å². The van der Waals surface area contributed by atoms with Gasteiger partial charge in [-0.2, -0.15) is 5.10 Å². The van der Waals surface area contributed by atoms with Gasteiger partial charge in [0.05, 0.1) is 28.3 Å². The zero-order chi connectivity index (χ0) is 19.4. The van der Waals surface area contributed by atoms with Crippen molar-refractivity contribution in [3.63, 3.8) is 0 Å². The Balaban J connectivity index is 1.67. The number of hydrogen-bond acceptors (Lipinski definition) is 4. The van der Waals surface area contributed by atoms with E-state index in [1.54, 1.807) is 11.6 Å². The second kappa shape index (κ2) is 7.82. The van der Waals surface area contributed by atoms with Crippen molar-refractivity contribution in [3.05, 3.63) is 77.4 Å². The third-order valence-corrected chi connectivity index (χ3v) is 3.98. The Bertz CT molecular complexity index is 983. The standard InChI is InChI=1S/C20H18FN3O3/c1-13-19(14(2)24(23-13)15-8-4-3-5-9-15)22-18(25)12-27-20(26)16-10-6-7-11-17(16)21/h3-11H,12H2,1-2H3,(H,22,25). The Morgan fingerprint density at radius 1 is 1.07 bits per heavy atom. The summed E-state index contributed by atoms with van der Waals surface area (Å²) in [4.78, 5) is 24.1. The number of esters is 1. The maximum atomic E-state index is 13.6. The molecule has 0 fully saturated rings. The van der Waals surface area contributed by atoms with Gasteiger partial charge in [0.2, 0.25) is 0 Å². The molecule has 2 aromatic carbocycles. The summed E-state index contributed by atoms with van der Waals surface area (Å²) in [6, 6.07) is 14.9. The molecule has 0 bridgehead atoms. The van der Waals surface area contributed by atoms with Crippen LogP contribution in [0.15, 0.2) is 54.6 Å². The Labute approximate surface area is 155 Å². The van der Waals surface area contributed by atoms with Crippen LogP contribution in [0.25, 0.3) is 5.69 Å². The van der Waals surface area contributed by atoms with Gasteiger partial charge in [0.1, 0.15) is 5.82 Å². The molecule has 7 heteroatoms. The number of anilines is 1. The lowest BCUT2D eigenvalue weighted by Crippen LogP contribution is -2.22. The summed E-state index contributed by atoms with van der Waals surface area (Å²) in [5, 5.41) is 7.13. The van der Waals surface area contributed by atoms with E-state index in [-0.39, 0.29) is 5.56 Å². The van der Waals surface area contributed by atoms with Crippen LogP contribution in [0.4, 0.5) is 10.1 Å². The van der Waals surface area contributed by atoms with E-state index in [4.69, 9.17) is 4.74 Å². The first kappa shape index (κ1) is 18.3. The first-order valence-corrected chi connectivity index (χ1v) is 8.30. The number of amides is 1. The van der Waals surface area contributed by atoms with Crippen LogP contribution in [-0.2, 0) is 9.53 Å². The molecule has 1 aromatic heterocycles. The molecule has 0 radical (unpaired) electrons. The molecule has 0 spiro atoms. The fraction of sp³-hybridized carbons (Fsp3) is 0.150. The van der Waals surface area contributed by atoms with Crippen molar-refractivity contribution >= 4 is 17.6 Å². The number of para-hydroxylation sites is 1. The molecule has 1 amide bonds. The van der Waals surface area contributed by atoms with Gasteiger partial charge in [-0.1, -0.05) is 30.3 Å². The van der Waals surface area contributed by atoms with E-state index in [1.807, 2.05) is 37.3 Å². The van der Waals surface area contributed by atoms with E-state index in [1.165, 1.54) is 18.2 Å². The van der Waals surface area contributed by atoms with Crippen LogP contribution in [0.2, 0.25) is 0 Å². The Kier molecular flexibility index (Phi) is 5.30. The maximum absolute atomic E-state index is 13.6. The molecule has 1 N–H and O–H groups in total. The zero-order valence-corrected chi connectivity index (χ0v) is 14.9. The number of halogens is 1. The van der Waals surface area contributed by atoms with Gasteiger partial charge in [0, 0.05) is 0 Å². The molecular weight excluding hydrogens is 349 g/mol. The summed E-state index contributed by atoms with van der Waals surface area (Å²) < 4.78 is 20.2. The average Bonchev–Trinajstić information content (AvgIpc) is 2.95. The Hall–Kier alpha value is -3.48. The largest absolute Gasteiger partial charge is 0.452 e. The second-order valence-electron chi connectivity index (χ2n) is 5.90. The summed E-state index contributed by atoms with van der Waals surface area (Å²) in [5.74, 6) is -2.12. The van der Waals surface area contributed by atoms with Crippen LogP contribution in [0.5, 0.6) is 0 Å². The molecule has 0 unspecified atom stereocenters. The fourth-order valence-electron chi connectivity index (χ4n) is 2.66. The summed E-state index contributed by atoms with van der Waals surface area (Å²) in [5.41, 5.74) is 2.57. The summed E-state index contributed by atoms with van der Waals surface area (Å²) in [6.07, 6.45) is 0. The van der Waals surface area contributed by atoms with Crippen molar-refractivity contribution in [2.24, 2.45) is 0 Å². The van der Waals surface area contributed by atoms with E-state index in [9.17, 15) is 14.0 Å². The summed E-state index contributed by atoms with van der Waals surface area (Å²) >= 11 is 0. The summed E-state index contributed by atoms with van der Waals surface area (Å²) in [7, 11) is 0. The molecule has 138 valence electrons. The second-order valence-corrected chi connectivity index (χ2v) is 5.90. The van der Waals surface area contributed by atoms with E-state index in [0.717, 1.165) is 17.4 Å². The molecule has 0 atom stereocenters. The van der Waals surface area contributed by atoms with Gasteiger partial charge >= 0.3 is 5.97 Å². The SMILES string of the molecule is Cc1nn(-c2ccccc2)c(C)c1NC(=O)COC(=O)c1ccccc1F. The number of hydrogen-bond donors (Lipinski definition) is 1. The van der Waals surface area contributed by atoms with E-state index >= 15 is 0 Å². The van der Waals surface area contributed by atoms with Gasteiger partial charge < -0.3 is 10.1 Å². The van der Waals surface area contributed by atoms with Crippen molar-refractivity contribution < 1.29 is 18.7 Å². The monoisotopic (exact) mass is 367 g/mol. The van der Waals surface area contributed by atoms with Gasteiger partial charge in [0.25, 0.3) is 5.91 Å². The molecule has 6 nitrogen and oxygen atoms in total. The van der Waals surface area contributed by atoms with E-state index in [0.29, 0.717) is 11.4 Å². The highest BCUT2D eigenvalue weighted by molar-refractivity contribution is 5.96. The highest BCUT2D eigenvalue weighted by Gasteiger charge is 2.17. The van der Waals surface area contributed by atoms with Gasteiger partial charge in [-0.3, -0.25) is 4.79 Å². The zero-order valence-electron chi connectivity index (χ0n) is 14.9. The number of nitrogens with zero attached hydrogens (tertiary/aromatic N) is 2. The quantitative estimate of drug-likeness (QED) is 0.701. The van der Waals surface area contributed by atoms with Crippen molar-refractivity contribution in [1.82, 2.24) is 9.78 Å². The predicted octanol–water partition coefficient (Wildman–Crippen LogP) is 3.42. The van der Waals surface area contributed by atoms with E-state index < -0.39 is 24.3 Å². The Morgan fingerprint density at radius 3 is 2.44 bits per heavy atom. The minimum absolute atomic E-state index is 0.213. The minimum Gasteiger partial charge on any atom is -0.452 e. The molecule has 0 aliphatic heterocycles. The average molecular weight is 367 g/mol. The lowest BCUT2D eigenvalue weighted by molar-refractivity contribution is -0.119. The molecule has 0 aliphatic rings. The number of aryl methyl sites for hydroxylation is 1. The first-order chi connectivity index (χ1) is 13.0. The van der Waals surface area contributed by atoms with Crippen LogP contribution in [0, 0.1) is 19.7 Å². The maximum Gasteiger partial charge on any atom is 0.341 e. The molecule has 0 aliphatic carbocycles. The van der Waals surface area contributed by atoms with Crippen LogP contribution >= 0.6 is 0 Å². The van der Waals surface area contributed by atoms with Crippen molar-refractivity contribution in [3.8, 4) is 5.69 Å². The molecule has 0 saturated carbocycles. The van der Waals surface area contributed by atoms with Crippen molar-refractivity contribution in [2.45, 2.75) is 13.8 Å². The van der Waals surface area contributed by atoms with Gasteiger partial charge in [-0.25, -0.2) is 13.9 Å². The highest BCUT2D eigenvalue weighted by atomic mass is 19.1. The highest BCUT2D eigenvalue weighted by Crippen LogP contribution is 2.22. The lowest BCUT2D eigenvalue weighted by Gasteiger charge is -2.08. The van der Waals surface area contributed by atoms with Crippen LogP contribution < -0.4 is 5.32 Å². The molecular formula is C20H18FN3O3. The number of benzene rings is 2. The number of rotatable bonds is 5. The van der Waals surface area contributed by atoms with Gasteiger partial charge in [-0.15, -0.1) is 0 Å². The molecule has 27 heavy (non-hydrogen) atoms. The minimum atomic E-state index is -0.892. The third kappa shape index (κ3) is 4.03. The first-order valence-electron chi connectivity index (χ1n) is 8.30. The molecule has 1 heterocycles. The Morgan fingerprint density at radius 2 is 1.74 bits per heavy atom. The third-order valence-electron chi connectivity index (χ3n) is 3.98. The molecule has 3 aromatic rings. The number of carbonyl (C=O) groups excluding carboxylic acids is 2. The smallest absolute Gasteiger partial charge is 0.341 e. The molecule has 3 rings (SSSR count). The molecule has 0 saturated heterocycles. The van der Waals surface area contributed by atoms with Crippen LogP contribution in [0.1, 0.15) is 21.7 Å². The normalized spacial score (nSPS) is 10.5. The summed E-state index contributed by atoms with van der Waals surface area (Å²) in [6.45, 7) is 3.07. The number of nitrogens with one attached hydrogen (secondary N) is 1. The fourth-order valence-corrected chi connectivity index (χ4v) is 2.66. The van der Waals surface area contributed by atoms with Crippen LogP contribution in [-0.4, -0.2) is 28.3 Å². The van der Waals surface area contributed by atoms with E-state index in [2.05, 4.69) is 10.4 Å². The van der Waals surface area contributed by atoms with Gasteiger partial charge in [-0.05, 0) is 38.1 Å².